The molecule has 1 N–H and O–H groups in total. The second-order valence-electron chi connectivity index (χ2n) is 10.8. The predicted octanol–water partition coefficient (Wildman–Crippen LogP) is 7.29. The first kappa shape index (κ1) is 26.7. The summed E-state index contributed by atoms with van der Waals surface area (Å²) in [6.45, 7) is 0.557. The number of hydrogen-bond acceptors (Lipinski definition) is 4. The van der Waals surface area contributed by atoms with Crippen LogP contribution in [0.3, 0.4) is 0 Å². The number of nitrogens with one attached hydrogen (secondary N) is 1. The third kappa shape index (κ3) is 4.98. The Bertz CT molecular complexity index is 1850. The molecule has 0 spiro atoms. The SMILES string of the molecule is N#Cc1ccc(B2Oc3ccc4ccccc4c3CN[C@H](c3ccccc3)C(c3ccccc3)(c3ccccc3)O2)cc1. The zero-order valence-electron chi connectivity index (χ0n) is 23.6. The summed E-state index contributed by atoms with van der Waals surface area (Å²) in [6, 6.07) is 53.2. The fourth-order valence-corrected chi connectivity index (χ4v) is 6.19. The van der Waals surface area contributed by atoms with E-state index in [2.05, 4.69) is 115 Å². The summed E-state index contributed by atoms with van der Waals surface area (Å²) in [5.41, 5.74) is 4.57. The number of benzene rings is 6. The van der Waals surface area contributed by atoms with Gasteiger partial charge in [-0.3, -0.25) is 0 Å². The van der Waals surface area contributed by atoms with Gasteiger partial charge < -0.3 is 14.6 Å². The van der Waals surface area contributed by atoms with Gasteiger partial charge in [-0.15, -0.1) is 0 Å². The van der Waals surface area contributed by atoms with Gasteiger partial charge in [0.15, 0.2) is 0 Å². The molecular formula is C38H29BN2O2. The van der Waals surface area contributed by atoms with Crippen molar-refractivity contribution in [3.63, 3.8) is 0 Å². The van der Waals surface area contributed by atoms with Crippen molar-refractivity contribution in [3.05, 3.63) is 179 Å². The van der Waals surface area contributed by atoms with Crippen LogP contribution in [0.25, 0.3) is 10.8 Å². The lowest BCUT2D eigenvalue weighted by Crippen LogP contribution is -2.52. The lowest BCUT2D eigenvalue weighted by atomic mass is 9.71. The topological polar surface area (TPSA) is 54.3 Å². The predicted molar refractivity (Wildman–Crippen MR) is 172 cm³/mol. The van der Waals surface area contributed by atoms with Gasteiger partial charge in [0.25, 0.3) is 0 Å². The summed E-state index contributed by atoms with van der Waals surface area (Å²) in [5.74, 6) is 0.754. The van der Waals surface area contributed by atoms with Crippen LogP contribution >= 0.6 is 0 Å². The van der Waals surface area contributed by atoms with Gasteiger partial charge in [-0.25, -0.2) is 0 Å². The molecule has 6 aromatic rings. The molecule has 1 atom stereocenters. The molecule has 6 aromatic carbocycles. The van der Waals surface area contributed by atoms with Crippen LogP contribution in [-0.4, -0.2) is 7.12 Å². The van der Waals surface area contributed by atoms with Crippen LogP contribution < -0.4 is 15.4 Å². The number of nitrogens with zero attached hydrogens (tertiary/aromatic N) is 1. The van der Waals surface area contributed by atoms with Crippen LogP contribution in [0.2, 0.25) is 0 Å². The van der Waals surface area contributed by atoms with Crippen LogP contribution in [0.1, 0.15) is 33.9 Å². The minimum Gasteiger partial charge on any atom is -0.532 e. The van der Waals surface area contributed by atoms with Crippen molar-refractivity contribution in [3.8, 4) is 11.8 Å². The molecule has 1 heterocycles. The van der Waals surface area contributed by atoms with Gasteiger partial charge in [0.2, 0.25) is 0 Å². The van der Waals surface area contributed by atoms with E-state index >= 15 is 0 Å². The van der Waals surface area contributed by atoms with Gasteiger partial charge in [0.05, 0.1) is 17.7 Å². The molecule has 0 fully saturated rings. The molecule has 4 nitrogen and oxygen atoms in total. The van der Waals surface area contributed by atoms with Gasteiger partial charge >= 0.3 is 7.12 Å². The molecular weight excluding hydrogens is 527 g/mol. The van der Waals surface area contributed by atoms with Crippen molar-refractivity contribution >= 4 is 23.4 Å². The van der Waals surface area contributed by atoms with Crippen LogP contribution in [0, 0.1) is 11.3 Å². The average Bonchev–Trinajstić information content (AvgIpc) is 3.16. The summed E-state index contributed by atoms with van der Waals surface area (Å²) in [4.78, 5) is 0. The molecule has 0 saturated heterocycles. The van der Waals surface area contributed by atoms with Crippen molar-refractivity contribution in [2.45, 2.75) is 18.2 Å². The quantitative estimate of drug-likeness (QED) is 0.232. The maximum atomic E-state index is 9.51. The Morgan fingerprint density at radius 3 is 1.93 bits per heavy atom. The Balaban J connectivity index is 1.53. The highest BCUT2D eigenvalue weighted by molar-refractivity contribution is 6.62. The number of rotatable bonds is 4. The van der Waals surface area contributed by atoms with Crippen molar-refractivity contribution in [1.29, 1.82) is 5.26 Å². The molecule has 0 radical (unpaired) electrons. The van der Waals surface area contributed by atoms with E-state index in [1.807, 2.05) is 48.5 Å². The summed E-state index contributed by atoms with van der Waals surface area (Å²) >= 11 is 0. The zero-order valence-corrected chi connectivity index (χ0v) is 23.6. The molecule has 0 amide bonds. The van der Waals surface area contributed by atoms with Crippen LogP contribution in [0.5, 0.6) is 5.75 Å². The fourth-order valence-electron chi connectivity index (χ4n) is 6.19. The minimum absolute atomic E-state index is 0.298. The molecule has 0 aromatic heterocycles. The Labute approximate surface area is 252 Å². The standard InChI is InChI=1S/C38H29BN2O2/c40-26-28-20-23-33(24-21-28)39-42-36-25-22-29-12-10-11-19-34(29)35(36)27-41-37(30-13-4-1-5-14-30)38(43-39,31-15-6-2-7-16-31)32-17-8-3-9-18-32/h1-25,37,41H,27H2/t37-/m1/s1. The Hall–Kier alpha value is -5.15. The highest BCUT2D eigenvalue weighted by Gasteiger charge is 2.49. The van der Waals surface area contributed by atoms with Gasteiger partial charge in [-0.2, -0.15) is 5.26 Å². The van der Waals surface area contributed by atoms with Gasteiger partial charge in [-0.1, -0.05) is 133 Å². The zero-order chi connectivity index (χ0) is 29.1. The molecule has 0 aliphatic carbocycles. The largest absolute Gasteiger partial charge is 0.563 e. The van der Waals surface area contributed by atoms with E-state index < -0.39 is 12.7 Å². The monoisotopic (exact) mass is 556 g/mol. The summed E-state index contributed by atoms with van der Waals surface area (Å²) in [5, 5.41) is 15.7. The number of nitriles is 1. The second-order valence-corrected chi connectivity index (χ2v) is 10.8. The van der Waals surface area contributed by atoms with Gasteiger partial charge in [0.1, 0.15) is 11.4 Å². The first-order valence-electron chi connectivity index (χ1n) is 14.5. The minimum atomic E-state index is -1.000. The molecule has 0 unspecified atom stereocenters. The molecule has 0 saturated carbocycles. The number of hydrogen-bond donors (Lipinski definition) is 1. The number of fused-ring (bicyclic) bond motifs is 3. The van der Waals surface area contributed by atoms with E-state index in [1.54, 1.807) is 0 Å². The van der Waals surface area contributed by atoms with Gasteiger partial charge in [-0.05, 0) is 51.1 Å². The highest BCUT2D eigenvalue weighted by atomic mass is 16.6. The molecule has 5 heteroatoms. The summed E-state index contributed by atoms with van der Waals surface area (Å²) in [6.07, 6.45) is 0. The van der Waals surface area contributed by atoms with Crippen LogP contribution in [0.4, 0.5) is 0 Å². The fraction of sp³-hybridized carbons (Fsp3) is 0.0789. The molecule has 7 rings (SSSR count). The normalized spacial score (nSPS) is 16.2. The van der Waals surface area contributed by atoms with Crippen molar-refractivity contribution in [2.75, 3.05) is 0 Å². The third-order valence-electron chi connectivity index (χ3n) is 8.26. The van der Waals surface area contributed by atoms with E-state index in [1.165, 1.54) is 0 Å². The highest BCUT2D eigenvalue weighted by Crippen LogP contribution is 2.46. The summed E-state index contributed by atoms with van der Waals surface area (Å²) < 4.78 is 14.4. The first-order valence-corrected chi connectivity index (χ1v) is 14.5. The maximum Gasteiger partial charge on any atom is 0.563 e. The first-order chi connectivity index (χ1) is 21.3. The van der Waals surface area contributed by atoms with E-state index in [4.69, 9.17) is 9.31 Å². The molecule has 206 valence electrons. The Kier molecular flexibility index (Phi) is 7.22. The average molecular weight is 556 g/mol. The smallest absolute Gasteiger partial charge is 0.532 e. The maximum absolute atomic E-state index is 9.51. The van der Waals surface area contributed by atoms with Gasteiger partial charge in [0, 0.05) is 12.1 Å². The van der Waals surface area contributed by atoms with E-state index in [-0.39, 0.29) is 6.04 Å². The van der Waals surface area contributed by atoms with E-state index in [0.29, 0.717) is 12.1 Å². The van der Waals surface area contributed by atoms with E-state index in [0.717, 1.165) is 44.2 Å². The Morgan fingerprint density at radius 2 is 1.28 bits per heavy atom. The van der Waals surface area contributed by atoms with Crippen molar-refractivity contribution in [1.82, 2.24) is 5.32 Å². The third-order valence-corrected chi connectivity index (χ3v) is 8.26. The Morgan fingerprint density at radius 1 is 0.674 bits per heavy atom. The summed E-state index contributed by atoms with van der Waals surface area (Å²) in [7, 11) is -0.792. The second kappa shape index (κ2) is 11.6. The van der Waals surface area contributed by atoms with Crippen LogP contribution in [0.15, 0.2) is 152 Å². The van der Waals surface area contributed by atoms with Crippen molar-refractivity contribution < 1.29 is 9.31 Å². The molecule has 0 bridgehead atoms. The lowest BCUT2D eigenvalue weighted by Gasteiger charge is -2.43. The molecule has 43 heavy (non-hydrogen) atoms. The lowest BCUT2D eigenvalue weighted by molar-refractivity contribution is 0.0496. The van der Waals surface area contributed by atoms with Crippen molar-refractivity contribution in [2.24, 2.45) is 0 Å². The van der Waals surface area contributed by atoms with E-state index in [9.17, 15) is 5.26 Å². The molecule has 1 aliphatic rings. The molecule has 1 aliphatic heterocycles. The van der Waals surface area contributed by atoms with Crippen LogP contribution in [-0.2, 0) is 16.8 Å².